The summed E-state index contributed by atoms with van der Waals surface area (Å²) in [6, 6.07) is 5.07. The first-order valence-electron chi connectivity index (χ1n) is 2.97. The summed E-state index contributed by atoms with van der Waals surface area (Å²) >= 11 is 0. The van der Waals surface area contributed by atoms with Crippen LogP contribution in [0.15, 0.2) is 29.2 Å². The summed E-state index contributed by atoms with van der Waals surface area (Å²) in [5.41, 5.74) is 0. The van der Waals surface area contributed by atoms with Crippen LogP contribution in [0.1, 0.15) is 0 Å². The van der Waals surface area contributed by atoms with Crippen LogP contribution >= 0.6 is 0 Å². The van der Waals surface area contributed by atoms with Gasteiger partial charge in [-0.15, -0.1) is 5.75 Å². The second kappa shape index (κ2) is 2.54. The Morgan fingerprint density at radius 1 is 1.18 bits per heavy atom. The fourth-order valence-corrected chi connectivity index (χ4v) is 1.32. The van der Waals surface area contributed by atoms with E-state index in [0.717, 1.165) is 6.26 Å². The zero-order chi connectivity index (χ0) is 8.48. The summed E-state index contributed by atoms with van der Waals surface area (Å²) in [5, 5.41) is 10.6. The Morgan fingerprint density at radius 3 is 2.00 bits per heavy atom. The van der Waals surface area contributed by atoms with E-state index in [1.165, 1.54) is 24.3 Å². The number of benzene rings is 1. The maximum absolute atomic E-state index is 10.8. The van der Waals surface area contributed by atoms with Crippen molar-refractivity contribution in [2.75, 3.05) is 6.26 Å². The van der Waals surface area contributed by atoms with Crippen LogP contribution < -0.4 is 5.11 Å². The van der Waals surface area contributed by atoms with Gasteiger partial charge < -0.3 is 5.11 Å². The molecule has 0 unspecified atom stereocenters. The Balaban J connectivity index is 3.20. The van der Waals surface area contributed by atoms with E-state index < -0.39 is 9.84 Å². The summed E-state index contributed by atoms with van der Waals surface area (Å²) in [6.45, 7) is 0. The largest absolute Gasteiger partial charge is 0.872 e. The summed E-state index contributed by atoms with van der Waals surface area (Å²) in [4.78, 5) is 0.178. The van der Waals surface area contributed by atoms with Crippen molar-refractivity contribution < 1.29 is 13.5 Å². The Bertz CT molecular complexity index is 336. The summed E-state index contributed by atoms with van der Waals surface area (Å²) in [7, 11) is -3.16. The second-order valence-corrected chi connectivity index (χ2v) is 4.26. The first-order valence-corrected chi connectivity index (χ1v) is 4.86. The predicted octanol–water partition coefficient (Wildman–Crippen LogP) is 0.164. The molecule has 0 atom stereocenters. The average Bonchev–Trinajstić information content (AvgIpc) is 1.86. The van der Waals surface area contributed by atoms with Crippen LogP contribution in [-0.4, -0.2) is 14.7 Å². The fourth-order valence-electron chi connectivity index (χ4n) is 0.687. The smallest absolute Gasteiger partial charge is 0.175 e. The van der Waals surface area contributed by atoms with Gasteiger partial charge in [0, 0.05) is 6.26 Å². The van der Waals surface area contributed by atoms with Crippen LogP contribution in [0.4, 0.5) is 0 Å². The number of hydrogen-bond acceptors (Lipinski definition) is 3. The van der Waals surface area contributed by atoms with Crippen molar-refractivity contribution in [1.29, 1.82) is 0 Å². The molecule has 1 rings (SSSR count). The van der Waals surface area contributed by atoms with E-state index in [1.807, 2.05) is 0 Å². The van der Waals surface area contributed by atoms with Gasteiger partial charge in [0.05, 0.1) is 4.90 Å². The lowest BCUT2D eigenvalue weighted by molar-refractivity contribution is -0.268. The van der Waals surface area contributed by atoms with Crippen LogP contribution in [-0.2, 0) is 9.84 Å². The maximum atomic E-state index is 10.8. The maximum Gasteiger partial charge on any atom is 0.175 e. The van der Waals surface area contributed by atoms with Crippen molar-refractivity contribution in [3.63, 3.8) is 0 Å². The third-order valence-corrected chi connectivity index (χ3v) is 2.38. The Kier molecular flexibility index (Phi) is 1.87. The molecule has 0 saturated heterocycles. The van der Waals surface area contributed by atoms with E-state index in [2.05, 4.69) is 0 Å². The molecular formula is C7H7O3S-. The normalized spacial score (nSPS) is 11.4. The van der Waals surface area contributed by atoms with Gasteiger partial charge in [-0.25, -0.2) is 8.42 Å². The van der Waals surface area contributed by atoms with Crippen molar-refractivity contribution in [3.8, 4) is 5.75 Å². The van der Waals surface area contributed by atoms with Crippen LogP contribution in [0.2, 0.25) is 0 Å². The Morgan fingerprint density at radius 2 is 1.64 bits per heavy atom. The van der Waals surface area contributed by atoms with E-state index in [4.69, 9.17) is 0 Å². The molecule has 60 valence electrons. The van der Waals surface area contributed by atoms with Gasteiger partial charge in [0.1, 0.15) is 0 Å². The summed E-state index contributed by atoms with van der Waals surface area (Å²) < 4.78 is 21.7. The topological polar surface area (TPSA) is 57.2 Å². The standard InChI is InChI=1S/C7H8O3S/c1-11(9,10)7-4-2-6(8)3-5-7/h2-5,8H,1H3/p-1. The third-order valence-electron chi connectivity index (χ3n) is 1.25. The molecule has 0 radical (unpaired) electrons. The molecular weight excluding hydrogens is 164 g/mol. The van der Waals surface area contributed by atoms with Crippen molar-refractivity contribution in [2.24, 2.45) is 0 Å². The molecule has 1 aromatic rings. The van der Waals surface area contributed by atoms with Gasteiger partial charge in [0.25, 0.3) is 0 Å². The van der Waals surface area contributed by atoms with Gasteiger partial charge in [-0.05, 0) is 12.1 Å². The lowest BCUT2D eigenvalue weighted by Gasteiger charge is -2.03. The average molecular weight is 171 g/mol. The highest BCUT2D eigenvalue weighted by atomic mass is 32.2. The highest BCUT2D eigenvalue weighted by molar-refractivity contribution is 7.90. The molecule has 0 aliphatic rings. The number of rotatable bonds is 1. The molecule has 0 fully saturated rings. The van der Waals surface area contributed by atoms with Crippen LogP contribution in [0.25, 0.3) is 0 Å². The highest BCUT2D eigenvalue weighted by Crippen LogP contribution is 2.11. The minimum absolute atomic E-state index is 0.178. The summed E-state index contributed by atoms with van der Waals surface area (Å²) in [5.74, 6) is -0.183. The molecule has 4 heteroatoms. The van der Waals surface area contributed by atoms with E-state index in [0.29, 0.717) is 0 Å². The first-order chi connectivity index (χ1) is 5.00. The van der Waals surface area contributed by atoms with Crippen molar-refractivity contribution in [3.05, 3.63) is 24.3 Å². The molecule has 3 nitrogen and oxygen atoms in total. The van der Waals surface area contributed by atoms with Gasteiger partial charge in [0.15, 0.2) is 9.84 Å². The zero-order valence-electron chi connectivity index (χ0n) is 5.94. The first kappa shape index (κ1) is 8.07. The van der Waals surface area contributed by atoms with Gasteiger partial charge in [0.2, 0.25) is 0 Å². The molecule has 0 aliphatic carbocycles. The van der Waals surface area contributed by atoms with Crippen LogP contribution in [0.3, 0.4) is 0 Å². The summed E-state index contributed by atoms with van der Waals surface area (Å²) in [6.07, 6.45) is 1.10. The number of hydrogen-bond donors (Lipinski definition) is 0. The van der Waals surface area contributed by atoms with Gasteiger partial charge in [-0.2, -0.15) is 0 Å². The fraction of sp³-hybridized carbons (Fsp3) is 0.143. The van der Waals surface area contributed by atoms with Gasteiger partial charge in [-0.3, -0.25) is 0 Å². The molecule has 0 aromatic heterocycles. The van der Waals surface area contributed by atoms with E-state index in [9.17, 15) is 13.5 Å². The van der Waals surface area contributed by atoms with E-state index in [-0.39, 0.29) is 10.6 Å². The molecule has 0 amide bonds. The molecule has 0 N–H and O–H groups in total. The lowest BCUT2D eigenvalue weighted by Crippen LogP contribution is -1.97. The lowest BCUT2D eigenvalue weighted by atomic mass is 10.3. The van der Waals surface area contributed by atoms with E-state index >= 15 is 0 Å². The van der Waals surface area contributed by atoms with Crippen LogP contribution in [0, 0.1) is 0 Å². The molecule has 0 spiro atoms. The molecule has 0 saturated carbocycles. The van der Waals surface area contributed by atoms with E-state index in [1.54, 1.807) is 0 Å². The predicted molar refractivity (Wildman–Crippen MR) is 39.0 cm³/mol. The molecule has 0 bridgehead atoms. The Labute approximate surface area is 65.2 Å². The minimum Gasteiger partial charge on any atom is -0.872 e. The molecule has 0 aliphatic heterocycles. The Hall–Kier alpha value is -1.03. The zero-order valence-corrected chi connectivity index (χ0v) is 6.76. The van der Waals surface area contributed by atoms with Gasteiger partial charge >= 0.3 is 0 Å². The second-order valence-electron chi connectivity index (χ2n) is 2.24. The van der Waals surface area contributed by atoms with Gasteiger partial charge in [-0.1, -0.05) is 12.1 Å². The molecule has 0 heterocycles. The van der Waals surface area contributed by atoms with Crippen molar-refractivity contribution >= 4 is 9.84 Å². The van der Waals surface area contributed by atoms with Crippen LogP contribution in [0.5, 0.6) is 5.75 Å². The third kappa shape index (κ3) is 1.94. The highest BCUT2D eigenvalue weighted by Gasteiger charge is 2.03. The van der Waals surface area contributed by atoms with Crippen molar-refractivity contribution in [1.82, 2.24) is 0 Å². The molecule has 11 heavy (non-hydrogen) atoms. The minimum atomic E-state index is -3.16. The SMILES string of the molecule is CS(=O)(=O)c1ccc([O-])cc1. The van der Waals surface area contributed by atoms with Crippen molar-refractivity contribution in [2.45, 2.75) is 4.90 Å². The molecule has 1 aromatic carbocycles. The monoisotopic (exact) mass is 171 g/mol. The number of sulfone groups is 1. The quantitative estimate of drug-likeness (QED) is 0.605.